The van der Waals surface area contributed by atoms with Crippen LogP contribution in [0.15, 0.2) is 47.5 Å². The number of fused-ring (bicyclic) bond motifs is 1. The molecule has 7 nitrogen and oxygen atoms in total. The van der Waals surface area contributed by atoms with Gasteiger partial charge in [0.05, 0.1) is 28.8 Å². The fraction of sp³-hybridized carbons (Fsp3) is 0.273. The lowest BCUT2D eigenvalue weighted by Gasteiger charge is -2.22. The van der Waals surface area contributed by atoms with Crippen molar-refractivity contribution in [3.05, 3.63) is 68.7 Å². The minimum atomic E-state index is -0.427. The van der Waals surface area contributed by atoms with Crippen molar-refractivity contribution < 1.29 is 9.59 Å². The van der Waals surface area contributed by atoms with Gasteiger partial charge in [0, 0.05) is 17.3 Å². The first-order valence-corrected chi connectivity index (χ1v) is 10.5. The van der Waals surface area contributed by atoms with E-state index in [2.05, 4.69) is 10.3 Å². The number of aromatic nitrogens is 2. The number of nitrogens with zero attached hydrogens (tertiary/aromatic N) is 3. The van der Waals surface area contributed by atoms with Gasteiger partial charge < -0.3 is 10.2 Å². The molecule has 1 heterocycles. The molecule has 0 saturated carbocycles. The summed E-state index contributed by atoms with van der Waals surface area (Å²) in [4.78, 5) is 43.8. The van der Waals surface area contributed by atoms with E-state index < -0.39 is 5.56 Å². The van der Waals surface area contributed by atoms with Gasteiger partial charge in [-0.15, -0.1) is 0 Å². The first-order chi connectivity index (χ1) is 14.8. The van der Waals surface area contributed by atoms with Crippen molar-refractivity contribution in [3.63, 3.8) is 0 Å². The van der Waals surface area contributed by atoms with Crippen LogP contribution in [-0.4, -0.2) is 39.4 Å². The summed E-state index contributed by atoms with van der Waals surface area (Å²) >= 11 is 12.1. The third-order valence-corrected chi connectivity index (χ3v) is 5.26. The summed E-state index contributed by atoms with van der Waals surface area (Å²) in [6.45, 7) is 3.82. The molecule has 0 unspecified atom stereocenters. The third kappa shape index (κ3) is 5.42. The molecule has 0 saturated heterocycles. The van der Waals surface area contributed by atoms with Crippen molar-refractivity contribution in [2.24, 2.45) is 0 Å². The Bertz CT molecular complexity index is 1190. The Balaban J connectivity index is 1.77. The van der Waals surface area contributed by atoms with Crippen LogP contribution in [-0.2, 0) is 16.1 Å². The zero-order chi connectivity index (χ0) is 22.5. The maximum Gasteiger partial charge on any atom is 0.261 e. The van der Waals surface area contributed by atoms with Crippen LogP contribution in [0, 0.1) is 6.92 Å². The van der Waals surface area contributed by atoms with Crippen LogP contribution in [0.25, 0.3) is 10.9 Å². The van der Waals surface area contributed by atoms with Gasteiger partial charge in [-0.05, 0) is 37.1 Å². The molecule has 1 aromatic heterocycles. The summed E-state index contributed by atoms with van der Waals surface area (Å²) in [6.07, 6.45) is 1.94. The van der Waals surface area contributed by atoms with Crippen molar-refractivity contribution in [1.29, 1.82) is 0 Å². The molecular weight excluding hydrogens is 439 g/mol. The maximum atomic E-state index is 12.9. The molecule has 0 bridgehead atoms. The fourth-order valence-electron chi connectivity index (χ4n) is 3.19. The highest BCUT2D eigenvalue weighted by molar-refractivity contribution is 6.38. The van der Waals surface area contributed by atoms with Gasteiger partial charge in [0.15, 0.2) is 0 Å². The van der Waals surface area contributed by atoms with E-state index in [0.717, 1.165) is 5.56 Å². The van der Waals surface area contributed by atoms with Gasteiger partial charge >= 0.3 is 0 Å². The molecule has 0 radical (unpaired) electrons. The summed E-state index contributed by atoms with van der Waals surface area (Å²) in [5.74, 6) is -0.670. The summed E-state index contributed by atoms with van der Waals surface area (Å²) in [7, 11) is 0. The number of benzene rings is 2. The number of amides is 2. The molecule has 2 amide bonds. The number of para-hydroxylation sites is 1. The normalized spacial score (nSPS) is 10.8. The SMILES string of the molecule is CCCN(CC(=O)Nc1ccccc1C)C(=O)Cn1cnc2c(Cl)cc(Cl)cc2c1=O. The molecule has 0 aliphatic heterocycles. The van der Waals surface area contributed by atoms with E-state index in [9.17, 15) is 14.4 Å². The number of halogens is 2. The molecule has 9 heteroatoms. The molecule has 2 aromatic carbocycles. The highest BCUT2D eigenvalue weighted by Gasteiger charge is 2.19. The van der Waals surface area contributed by atoms with E-state index in [1.54, 1.807) is 6.07 Å². The van der Waals surface area contributed by atoms with Crippen LogP contribution in [0.3, 0.4) is 0 Å². The topological polar surface area (TPSA) is 84.3 Å². The van der Waals surface area contributed by atoms with Gasteiger partial charge in [-0.25, -0.2) is 4.98 Å². The fourth-order valence-corrected chi connectivity index (χ4v) is 3.73. The van der Waals surface area contributed by atoms with E-state index in [4.69, 9.17) is 23.2 Å². The lowest BCUT2D eigenvalue weighted by molar-refractivity contribution is -0.135. The number of anilines is 1. The summed E-state index contributed by atoms with van der Waals surface area (Å²) in [6, 6.07) is 10.4. The van der Waals surface area contributed by atoms with Crippen LogP contribution in [0.5, 0.6) is 0 Å². The molecule has 3 aromatic rings. The van der Waals surface area contributed by atoms with Crippen LogP contribution in [0.2, 0.25) is 10.0 Å². The third-order valence-electron chi connectivity index (χ3n) is 4.75. The average Bonchev–Trinajstić information content (AvgIpc) is 2.71. The van der Waals surface area contributed by atoms with Crippen LogP contribution in [0.1, 0.15) is 18.9 Å². The van der Waals surface area contributed by atoms with Crippen molar-refractivity contribution in [2.45, 2.75) is 26.8 Å². The van der Waals surface area contributed by atoms with E-state index in [1.807, 2.05) is 32.0 Å². The Morgan fingerprint density at radius 1 is 1.19 bits per heavy atom. The van der Waals surface area contributed by atoms with E-state index in [-0.39, 0.29) is 35.3 Å². The number of hydrogen-bond donors (Lipinski definition) is 1. The molecule has 31 heavy (non-hydrogen) atoms. The molecule has 0 atom stereocenters. The zero-order valence-electron chi connectivity index (χ0n) is 17.2. The van der Waals surface area contributed by atoms with E-state index in [1.165, 1.54) is 27.9 Å². The lowest BCUT2D eigenvalue weighted by atomic mass is 10.2. The molecule has 0 spiro atoms. The monoisotopic (exact) mass is 460 g/mol. The molecule has 1 N–H and O–H groups in total. The van der Waals surface area contributed by atoms with Gasteiger partial charge in [-0.2, -0.15) is 0 Å². The average molecular weight is 461 g/mol. The minimum absolute atomic E-state index is 0.117. The van der Waals surface area contributed by atoms with Gasteiger partial charge in [0.2, 0.25) is 11.8 Å². The highest BCUT2D eigenvalue weighted by Crippen LogP contribution is 2.24. The quantitative estimate of drug-likeness (QED) is 0.579. The second-order valence-electron chi connectivity index (χ2n) is 7.14. The van der Waals surface area contributed by atoms with Crippen molar-refractivity contribution >= 4 is 51.6 Å². The second-order valence-corrected chi connectivity index (χ2v) is 7.98. The van der Waals surface area contributed by atoms with Crippen molar-refractivity contribution in [3.8, 4) is 0 Å². The Labute approximate surface area is 189 Å². The van der Waals surface area contributed by atoms with E-state index in [0.29, 0.717) is 29.2 Å². The zero-order valence-corrected chi connectivity index (χ0v) is 18.7. The number of nitrogens with one attached hydrogen (secondary N) is 1. The summed E-state index contributed by atoms with van der Waals surface area (Å²) in [5.41, 5.74) is 1.52. The van der Waals surface area contributed by atoms with Crippen LogP contribution < -0.4 is 10.9 Å². The number of carbonyl (C=O) groups excluding carboxylic acids is 2. The Morgan fingerprint density at radius 3 is 2.65 bits per heavy atom. The van der Waals surface area contributed by atoms with Crippen molar-refractivity contribution in [1.82, 2.24) is 14.5 Å². The van der Waals surface area contributed by atoms with Crippen LogP contribution >= 0.6 is 23.2 Å². The second kappa shape index (κ2) is 9.94. The highest BCUT2D eigenvalue weighted by atomic mass is 35.5. The molecule has 0 fully saturated rings. The first kappa shape index (κ1) is 22.8. The molecule has 0 aliphatic rings. The molecule has 3 rings (SSSR count). The minimum Gasteiger partial charge on any atom is -0.332 e. The Morgan fingerprint density at radius 2 is 1.94 bits per heavy atom. The van der Waals surface area contributed by atoms with Gasteiger partial charge in [0.1, 0.15) is 6.54 Å². The Kier molecular flexibility index (Phi) is 7.30. The molecule has 162 valence electrons. The molecule has 0 aliphatic carbocycles. The Hall–Kier alpha value is -2.90. The standard InChI is InChI=1S/C22H22Cl2N4O3/c1-3-8-27(11-19(29)26-18-7-5-4-6-14(18)2)20(30)12-28-13-25-21-16(22(28)31)9-15(23)10-17(21)24/h4-7,9-10,13H,3,8,11-12H2,1-2H3,(H,26,29). The largest absolute Gasteiger partial charge is 0.332 e. The number of aryl methyl sites for hydroxylation is 1. The van der Waals surface area contributed by atoms with Gasteiger partial charge in [-0.3, -0.25) is 19.0 Å². The predicted molar refractivity (Wildman–Crippen MR) is 123 cm³/mol. The molecular formula is C22H22Cl2N4O3. The van der Waals surface area contributed by atoms with Gasteiger partial charge in [0.25, 0.3) is 5.56 Å². The summed E-state index contributed by atoms with van der Waals surface area (Å²) in [5, 5.41) is 3.62. The smallest absolute Gasteiger partial charge is 0.261 e. The number of carbonyl (C=O) groups is 2. The lowest BCUT2D eigenvalue weighted by Crippen LogP contribution is -2.41. The van der Waals surface area contributed by atoms with Crippen LogP contribution in [0.4, 0.5) is 5.69 Å². The number of hydrogen-bond acceptors (Lipinski definition) is 4. The summed E-state index contributed by atoms with van der Waals surface area (Å²) < 4.78 is 1.19. The van der Waals surface area contributed by atoms with Gasteiger partial charge in [-0.1, -0.05) is 48.3 Å². The van der Waals surface area contributed by atoms with Crippen molar-refractivity contribution in [2.75, 3.05) is 18.4 Å². The predicted octanol–water partition coefficient (Wildman–Crippen LogP) is 3.89. The van der Waals surface area contributed by atoms with E-state index >= 15 is 0 Å². The first-order valence-electron chi connectivity index (χ1n) is 9.77. The maximum absolute atomic E-state index is 12.9. The number of rotatable bonds is 7.